The van der Waals surface area contributed by atoms with E-state index in [2.05, 4.69) is 0 Å². The Labute approximate surface area is 193 Å². The Kier molecular flexibility index (Phi) is 7.30. The Hall–Kier alpha value is -3.49. The molecule has 0 radical (unpaired) electrons. The van der Waals surface area contributed by atoms with Crippen molar-refractivity contribution >= 4 is 27.7 Å². The molecule has 1 heterocycles. The van der Waals surface area contributed by atoms with Crippen LogP contribution in [0.15, 0.2) is 77.7 Å². The molecule has 3 aromatic carbocycles. The number of carbonyl (C=O) groups is 2. The first-order valence-electron chi connectivity index (χ1n) is 10.4. The minimum Gasteiger partial charge on any atom is -0.481 e. The Morgan fingerprint density at radius 3 is 2.12 bits per heavy atom. The van der Waals surface area contributed by atoms with Gasteiger partial charge in [-0.15, -0.1) is 0 Å². The molecule has 4 rings (SSSR count). The van der Waals surface area contributed by atoms with Gasteiger partial charge in [-0.3, -0.25) is 14.1 Å². The second-order valence-electron chi connectivity index (χ2n) is 7.73. The molecule has 0 fully saturated rings. The lowest BCUT2D eigenvalue weighted by Crippen LogP contribution is -2.23. The predicted molar refractivity (Wildman–Crippen MR) is 125 cm³/mol. The number of hydrogen-bond donors (Lipinski definition) is 2. The van der Waals surface area contributed by atoms with E-state index in [0.29, 0.717) is 13.0 Å². The fourth-order valence-corrected chi connectivity index (χ4v) is 4.09. The highest BCUT2D eigenvalue weighted by atomic mass is 32.2. The van der Waals surface area contributed by atoms with Crippen LogP contribution in [0.2, 0.25) is 0 Å². The van der Waals surface area contributed by atoms with Gasteiger partial charge in [0.05, 0.1) is 17.4 Å². The molecule has 0 aliphatic carbocycles. The second-order valence-corrected chi connectivity index (χ2v) is 9.15. The highest BCUT2D eigenvalue weighted by Gasteiger charge is 2.28. The third-order valence-corrected chi connectivity index (χ3v) is 6.32. The highest BCUT2D eigenvalue weighted by molar-refractivity contribution is 7.85. The van der Waals surface area contributed by atoms with E-state index in [0.717, 1.165) is 27.9 Å². The number of hydrogen-bond acceptors (Lipinski definition) is 4. The van der Waals surface area contributed by atoms with Gasteiger partial charge < -0.3 is 10.0 Å². The normalized spacial score (nSPS) is 13.7. The Morgan fingerprint density at radius 1 is 1.00 bits per heavy atom. The molecule has 1 aliphatic heterocycles. The lowest BCUT2D eigenvalue weighted by atomic mass is 9.96. The molecule has 33 heavy (non-hydrogen) atoms. The molecule has 172 valence electrons. The molecule has 0 spiro atoms. The molecular weight excluding hydrogens is 442 g/mol. The number of amides is 1. The minimum absolute atomic E-state index is 0.00590. The minimum atomic E-state index is -4.02. The van der Waals surface area contributed by atoms with Crippen molar-refractivity contribution in [2.75, 3.05) is 4.90 Å². The van der Waals surface area contributed by atoms with Gasteiger partial charge in [-0.2, -0.15) is 8.42 Å². The monoisotopic (exact) mass is 467 g/mol. The lowest BCUT2D eigenvalue weighted by Gasteiger charge is -2.17. The van der Waals surface area contributed by atoms with Crippen LogP contribution in [0.5, 0.6) is 0 Å². The van der Waals surface area contributed by atoms with E-state index < -0.39 is 22.0 Å². The number of anilines is 1. The van der Waals surface area contributed by atoms with Gasteiger partial charge in [-0.25, -0.2) is 0 Å². The van der Waals surface area contributed by atoms with Crippen molar-refractivity contribution in [3.63, 3.8) is 0 Å². The summed E-state index contributed by atoms with van der Waals surface area (Å²) in [5.74, 6) is -1.32. The molecule has 0 unspecified atom stereocenters. The van der Waals surface area contributed by atoms with Gasteiger partial charge in [0, 0.05) is 11.3 Å². The quantitative estimate of drug-likeness (QED) is 0.528. The fourth-order valence-electron chi connectivity index (χ4n) is 3.61. The van der Waals surface area contributed by atoms with Crippen molar-refractivity contribution in [2.45, 2.75) is 37.6 Å². The van der Waals surface area contributed by atoms with E-state index in [4.69, 9.17) is 4.55 Å². The molecule has 3 aromatic rings. The van der Waals surface area contributed by atoms with Gasteiger partial charge in [0.2, 0.25) is 0 Å². The van der Waals surface area contributed by atoms with E-state index >= 15 is 0 Å². The first kappa shape index (κ1) is 24.2. The molecule has 1 amide bonds. The van der Waals surface area contributed by atoms with Crippen molar-refractivity contribution in [2.24, 2.45) is 0 Å². The number of carbonyl (C=O) groups excluding carboxylic acids is 1. The first-order valence-corrected chi connectivity index (χ1v) is 11.8. The van der Waals surface area contributed by atoms with E-state index in [-0.39, 0.29) is 10.8 Å². The van der Waals surface area contributed by atoms with Crippen LogP contribution >= 0.6 is 0 Å². The van der Waals surface area contributed by atoms with E-state index in [1.165, 1.54) is 12.1 Å². The van der Waals surface area contributed by atoms with Crippen LogP contribution in [0.4, 0.5) is 5.69 Å². The Morgan fingerprint density at radius 2 is 1.61 bits per heavy atom. The van der Waals surface area contributed by atoms with Gasteiger partial charge in [0.15, 0.2) is 0 Å². The summed E-state index contributed by atoms with van der Waals surface area (Å²) >= 11 is 0. The second kappa shape index (κ2) is 9.97. The Bertz CT molecular complexity index is 1250. The molecular formula is C25H25NO6S. The number of aliphatic carboxylic acids is 1. The van der Waals surface area contributed by atoms with Crippen LogP contribution in [0.1, 0.15) is 46.3 Å². The summed E-state index contributed by atoms with van der Waals surface area (Å²) in [7, 11) is -4.02. The van der Waals surface area contributed by atoms with Gasteiger partial charge in [0.1, 0.15) is 0 Å². The number of nitrogens with zero attached hydrogens (tertiary/aromatic N) is 1. The summed E-state index contributed by atoms with van der Waals surface area (Å²) < 4.78 is 29.6. The van der Waals surface area contributed by atoms with Crippen molar-refractivity contribution in [1.82, 2.24) is 0 Å². The topological polar surface area (TPSA) is 112 Å². The molecule has 1 atom stereocenters. The average Bonchev–Trinajstić information content (AvgIpc) is 3.11. The number of benzene rings is 3. The number of carboxylic acids is 1. The van der Waals surface area contributed by atoms with Crippen LogP contribution in [-0.2, 0) is 21.5 Å². The largest absolute Gasteiger partial charge is 0.481 e. The van der Waals surface area contributed by atoms with E-state index in [1.807, 2.05) is 50.2 Å². The lowest BCUT2D eigenvalue weighted by molar-refractivity contribution is -0.138. The maximum absolute atomic E-state index is 12.4. The van der Waals surface area contributed by atoms with Crippen LogP contribution in [-0.4, -0.2) is 30.0 Å². The molecule has 1 aliphatic rings. The molecule has 2 N–H and O–H groups in total. The summed E-state index contributed by atoms with van der Waals surface area (Å²) in [6, 6.07) is 20.8. The zero-order valence-electron chi connectivity index (χ0n) is 18.3. The maximum Gasteiger partial charge on any atom is 0.310 e. The SMILES string of the molecule is CC[C@H](C(=O)O)c1ccc(N2Cc3ccccc3C2=O)cc1.Cc1ccc(S(=O)(=O)O)cc1. The molecule has 7 nitrogen and oxygen atoms in total. The molecule has 0 aromatic heterocycles. The molecule has 0 bridgehead atoms. The summed E-state index contributed by atoms with van der Waals surface area (Å²) in [5.41, 5.74) is 4.28. The van der Waals surface area contributed by atoms with Gasteiger partial charge in [-0.05, 0) is 54.8 Å². The van der Waals surface area contributed by atoms with Crippen molar-refractivity contribution in [1.29, 1.82) is 0 Å². The maximum atomic E-state index is 12.4. The molecule has 0 saturated carbocycles. The summed E-state index contributed by atoms with van der Waals surface area (Å²) in [6.07, 6.45) is 0.544. The van der Waals surface area contributed by atoms with Crippen LogP contribution < -0.4 is 4.90 Å². The third-order valence-electron chi connectivity index (χ3n) is 5.45. The molecule has 8 heteroatoms. The van der Waals surface area contributed by atoms with Crippen LogP contribution in [0, 0.1) is 6.92 Å². The average molecular weight is 468 g/mol. The highest BCUT2D eigenvalue weighted by Crippen LogP contribution is 2.29. The third kappa shape index (κ3) is 5.66. The zero-order valence-corrected chi connectivity index (χ0v) is 19.1. The number of fused-ring (bicyclic) bond motifs is 1. The molecule has 0 saturated heterocycles. The van der Waals surface area contributed by atoms with Crippen LogP contribution in [0.3, 0.4) is 0 Å². The summed E-state index contributed by atoms with van der Waals surface area (Å²) in [4.78, 5) is 25.3. The number of carboxylic acid groups (broad SMARTS) is 1. The zero-order chi connectivity index (χ0) is 24.2. The summed E-state index contributed by atoms with van der Waals surface area (Å²) in [6.45, 7) is 4.26. The van der Waals surface area contributed by atoms with Gasteiger partial charge in [-0.1, -0.05) is 55.0 Å². The fraction of sp³-hybridized carbons (Fsp3) is 0.200. The predicted octanol–water partition coefficient (Wildman–Crippen LogP) is 4.67. The smallest absolute Gasteiger partial charge is 0.310 e. The van der Waals surface area contributed by atoms with Crippen molar-refractivity contribution in [3.8, 4) is 0 Å². The number of rotatable bonds is 5. The first-order chi connectivity index (χ1) is 15.6. The van der Waals surface area contributed by atoms with E-state index in [9.17, 15) is 23.1 Å². The van der Waals surface area contributed by atoms with Crippen LogP contribution in [0.25, 0.3) is 0 Å². The van der Waals surface area contributed by atoms with E-state index in [1.54, 1.807) is 29.2 Å². The number of aryl methyl sites for hydroxylation is 1. The van der Waals surface area contributed by atoms with Crippen molar-refractivity contribution in [3.05, 3.63) is 95.1 Å². The van der Waals surface area contributed by atoms with Crippen molar-refractivity contribution < 1.29 is 27.7 Å². The Balaban J connectivity index is 0.000000235. The van der Waals surface area contributed by atoms with Gasteiger partial charge in [0.25, 0.3) is 16.0 Å². The standard InChI is InChI=1S/C18H17NO3.C7H8O3S/c1-2-15(18(21)22)12-7-9-14(10-8-12)19-11-13-5-3-4-6-16(13)17(19)20;1-6-2-4-7(5-3-6)11(8,9)10/h3-10,15H,2,11H2,1H3,(H,21,22);2-5H,1H3,(H,8,9,10)/t15-;/m0./s1. The summed E-state index contributed by atoms with van der Waals surface area (Å²) in [5, 5.41) is 9.20. The van der Waals surface area contributed by atoms with Gasteiger partial charge >= 0.3 is 5.97 Å².